The molecule has 0 bridgehead atoms. The van der Waals surface area contributed by atoms with Gasteiger partial charge in [0.1, 0.15) is 5.75 Å². The molecule has 7 heteroatoms. The fourth-order valence-corrected chi connectivity index (χ4v) is 2.27. The number of anilines is 1. The Kier molecular flexibility index (Phi) is 8.43. The van der Waals surface area contributed by atoms with E-state index in [0.717, 1.165) is 25.2 Å². The van der Waals surface area contributed by atoms with Gasteiger partial charge < -0.3 is 20.1 Å². The van der Waals surface area contributed by atoms with E-state index in [1.54, 1.807) is 12.1 Å². The molecule has 2 rings (SSSR count). The Morgan fingerprint density at radius 3 is 2.65 bits per heavy atom. The smallest absolute Gasteiger partial charge is 0.305 e. The minimum Gasteiger partial charge on any atom is -0.494 e. The van der Waals surface area contributed by atoms with Crippen LogP contribution in [0.1, 0.15) is 19.3 Å². The Labute approximate surface area is 142 Å². The lowest BCUT2D eigenvalue weighted by atomic mass is 10.1. The van der Waals surface area contributed by atoms with Gasteiger partial charge in [-0.2, -0.15) is 0 Å². The van der Waals surface area contributed by atoms with Gasteiger partial charge in [0.15, 0.2) is 0 Å². The number of halogens is 1. The van der Waals surface area contributed by atoms with E-state index in [1.165, 1.54) is 7.11 Å². The number of carbonyl (C=O) groups is 2. The standard InChI is InChI=1S/C16H22N2O4.ClH/c1-21-15(19)3-2-10-22-14-6-4-13(5-7-14)18-16(20)12-8-9-17-11-12;/h4-7,12,17H,2-3,8-11H2,1H3,(H,18,20);1H. The first-order valence-electron chi connectivity index (χ1n) is 7.50. The highest BCUT2D eigenvalue weighted by atomic mass is 35.5. The van der Waals surface area contributed by atoms with Crippen molar-refractivity contribution in [2.45, 2.75) is 19.3 Å². The SMILES string of the molecule is COC(=O)CCCOc1ccc(NC(=O)C2CCNC2)cc1.Cl. The number of rotatable bonds is 7. The number of carbonyl (C=O) groups excluding carboxylic acids is 2. The number of hydrogen-bond acceptors (Lipinski definition) is 5. The highest BCUT2D eigenvalue weighted by Crippen LogP contribution is 2.18. The maximum Gasteiger partial charge on any atom is 0.305 e. The zero-order chi connectivity index (χ0) is 15.8. The topological polar surface area (TPSA) is 76.7 Å². The first kappa shape index (κ1) is 19.3. The first-order valence-corrected chi connectivity index (χ1v) is 7.50. The van der Waals surface area contributed by atoms with Crippen molar-refractivity contribution >= 4 is 30.0 Å². The highest BCUT2D eigenvalue weighted by molar-refractivity contribution is 5.92. The maximum absolute atomic E-state index is 12.0. The van der Waals surface area contributed by atoms with Crippen molar-refractivity contribution in [3.05, 3.63) is 24.3 Å². The van der Waals surface area contributed by atoms with Gasteiger partial charge in [-0.3, -0.25) is 9.59 Å². The van der Waals surface area contributed by atoms with E-state index in [4.69, 9.17) is 4.74 Å². The van der Waals surface area contributed by atoms with E-state index in [1.807, 2.05) is 12.1 Å². The van der Waals surface area contributed by atoms with Crippen LogP contribution in [0.3, 0.4) is 0 Å². The molecule has 1 fully saturated rings. The van der Waals surface area contributed by atoms with Crippen molar-refractivity contribution < 1.29 is 19.1 Å². The van der Waals surface area contributed by atoms with E-state index in [0.29, 0.717) is 25.2 Å². The molecule has 0 aromatic heterocycles. The minimum atomic E-state index is -0.233. The average molecular weight is 343 g/mol. The molecular weight excluding hydrogens is 320 g/mol. The molecule has 1 aromatic rings. The summed E-state index contributed by atoms with van der Waals surface area (Å²) in [6.07, 6.45) is 1.84. The molecule has 1 aliphatic rings. The molecule has 0 spiro atoms. The molecule has 0 aliphatic carbocycles. The number of nitrogens with one attached hydrogen (secondary N) is 2. The second-order valence-corrected chi connectivity index (χ2v) is 5.23. The normalized spacial score (nSPS) is 16.3. The number of amides is 1. The van der Waals surface area contributed by atoms with Gasteiger partial charge in [0.2, 0.25) is 5.91 Å². The molecule has 1 aliphatic heterocycles. The maximum atomic E-state index is 12.0. The number of hydrogen-bond donors (Lipinski definition) is 2. The van der Waals surface area contributed by atoms with E-state index >= 15 is 0 Å². The van der Waals surface area contributed by atoms with Gasteiger partial charge in [-0.1, -0.05) is 0 Å². The van der Waals surface area contributed by atoms with Crippen LogP contribution in [0.25, 0.3) is 0 Å². The lowest BCUT2D eigenvalue weighted by Crippen LogP contribution is -2.24. The zero-order valence-corrected chi connectivity index (χ0v) is 14.0. The fraction of sp³-hybridized carbons (Fsp3) is 0.500. The molecule has 1 saturated heterocycles. The third-order valence-corrected chi connectivity index (χ3v) is 3.57. The summed E-state index contributed by atoms with van der Waals surface area (Å²) in [5.41, 5.74) is 0.763. The van der Waals surface area contributed by atoms with E-state index in [-0.39, 0.29) is 30.2 Å². The van der Waals surface area contributed by atoms with Crippen LogP contribution in [-0.4, -0.2) is 38.7 Å². The molecule has 128 valence electrons. The summed E-state index contributed by atoms with van der Waals surface area (Å²) in [6, 6.07) is 7.24. The number of benzene rings is 1. The van der Waals surface area contributed by atoms with Crippen LogP contribution in [0.15, 0.2) is 24.3 Å². The predicted octanol–water partition coefficient (Wildman–Crippen LogP) is 1.99. The predicted molar refractivity (Wildman–Crippen MR) is 90.0 cm³/mol. The number of methoxy groups -OCH3 is 1. The van der Waals surface area contributed by atoms with Crippen LogP contribution in [0.5, 0.6) is 5.75 Å². The van der Waals surface area contributed by atoms with Gasteiger partial charge >= 0.3 is 5.97 Å². The molecule has 2 N–H and O–H groups in total. The van der Waals surface area contributed by atoms with Crippen LogP contribution in [0.2, 0.25) is 0 Å². The van der Waals surface area contributed by atoms with Gasteiger partial charge in [0.25, 0.3) is 0 Å². The minimum absolute atomic E-state index is 0. The van der Waals surface area contributed by atoms with Gasteiger partial charge in [-0.25, -0.2) is 0 Å². The third kappa shape index (κ3) is 6.46. The summed E-state index contributed by atoms with van der Waals surface area (Å²) in [4.78, 5) is 22.9. The van der Waals surface area contributed by atoms with Gasteiger partial charge in [0.05, 0.1) is 19.6 Å². The summed E-state index contributed by atoms with van der Waals surface area (Å²) in [5, 5.41) is 6.08. The van der Waals surface area contributed by atoms with Crippen molar-refractivity contribution in [2.24, 2.45) is 5.92 Å². The van der Waals surface area contributed by atoms with Crippen LogP contribution >= 0.6 is 12.4 Å². The fourth-order valence-electron chi connectivity index (χ4n) is 2.27. The van der Waals surface area contributed by atoms with E-state index in [9.17, 15) is 9.59 Å². The molecule has 1 atom stereocenters. The van der Waals surface area contributed by atoms with Crippen molar-refractivity contribution in [3.63, 3.8) is 0 Å². The average Bonchev–Trinajstić information content (AvgIpc) is 3.07. The molecule has 1 amide bonds. The Morgan fingerprint density at radius 1 is 1.30 bits per heavy atom. The Hall–Kier alpha value is -1.79. The molecule has 1 unspecified atom stereocenters. The lowest BCUT2D eigenvalue weighted by molar-refractivity contribution is -0.140. The third-order valence-electron chi connectivity index (χ3n) is 3.57. The van der Waals surface area contributed by atoms with Gasteiger partial charge in [-0.15, -0.1) is 12.4 Å². The van der Waals surface area contributed by atoms with Crippen molar-refractivity contribution in [1.82, 2.24) is 5.32 Å². The summed E-state index contributed by atoms with van der Waals surface area (Å²) in [5.74, 6) is 0.583. The molecular formula is C16H23ClN2O4. The lowest BCUT2D eigenvalue weighted by Gasteiger charge is -2.11. The van der Waals surface area contributed by atoms with Crippen LogP contribution in [0, 0.1) is 5.92 Å². The van der Waals surface area contributed by atoms with Crippen molar-refractivity contribution in [3.8, 4) is 5.75 Å². The highest BCUT2D eigenvalue weighted by Gasteiger charge is 2.22. The van der Waals surface area contributed by atoms with Gasteiger partial charge in [0, 0.05) is 18.7 Å². The molecule has 0 radical (unpaired) electrons. The summed E-state index contributed by atoms with van der Waals surface area (Å²) >= 11 is 0. The largest absolute Gasteiger partial charge is 0.494 e. The molecule has 1 aromatic carbocycles. The Bertz CT molecular complexity index is 501. The second-order valence-electron chi connectivity index (χ2n) is 5.23. The monoisotopic (exact) mass is 342 g/mol. The van der Waals surface area contributed by atoms with Crippen molar-refractivity contribution in [2.75, 3.05) is 32.1 Å². The first-order chi connectivity index (χ1) is 10.7. The summed E-state index contributed by atoms with van der Waals surface area (Å²) in [7, 11) is 1.37. The summed E-state index contributed by atoms with van der Waals surface area (Å²) < 4.78 is 10.1. The quantitative estimate of drug-likeness (QED) is 0.585. The molecule has 0 saturated carbocycles. The van der Waals surface area contributed by atoms with Crippen LogP contribution < -0.4 is 15.4 Å². The molecule has 1 heterocycles. The Balaban J connectivity index is 0.00000264. The molecule has 6 nitrogen and oxygen atoms in total. The summed E-state index contributed by atoms with van der Waals surface area (Å²) in [6.45, 7) is 2.10. The number of ether oxygens (including phenoxy) is 2. The van der Waals surface area contributed by atoms with E-state index in [2.05, 4.69) is 15.4 Å². The molecule has 23 heavy (non-hydrogen) atoms. The van der Waals surface area contributed by atoms with Gasteiger partial charge in [-0.05, 0) is 43.7 Å². The van der Waals surface area contributed by atoms with E-state index < -0.39 is 0 Å². The Morgan fingerprint density at radius 2 is 2.04 bits per heavy atom. The number of esters is 1. The van der Waals surface area contributed by atoms with Crippen LogP contribution in [-0.2, 0) is 14.3 Å². The van der Waals surface area contributed by atoms with Crippen molar-refractivity contribution in [1.29, 1.82) is 0 Å². The second kappa shape index (κ2) is 10.1. The van der Waals surface area contributed by atoms with Crippen LogP contribution in [0.4, 0.5) is 5.69 Å². The zero-order valence-electron chi connectivity index (χ0n) is 13.2.